The number of para-hydroxylation sites is 2. The number of imidazole rings is 1. The van der Waals surface area contributed by atoms with Crippen LogP contribution in [0.25, 0.3) is 11.0 Å². The summed E-state index contributed by atoms with van der Waals surface area (Å²) in [7, 11) is 1.98. The first kappa shape index (κ1) is 18.1. The van der Waals surface area contributed by atoms with Gasteiger partial charge in [-0.15, -0.1) is 0 Å². The lowest BCUT2D eigenvalue weighted by molar-refractivity contribution is -0.113. The van der Waals surface area contributed by atoms with Crippen molar-refractivity contribution in [3.63, 3.8) is 0 Å². The van der Waals surface area contributed by atoms with Gasteiger partial charge in [0.15, 0.2) is 5.16 Å². The largest absolute Gasteiger partial charge is 0.325 e. The van der Waals surface area contributed by atoms with Crippen LogP contribution in [0.5, 0.6) is 0 Å². The number of aryl methyl sites for hydroxylation is 1. The zero-order valence-corrected chi connectivity index (χ0v) is 16.3. The van der Waals surface area contributed by atoms with Crippen molar-refractivity contribution in [3.8, 4) is 0 Å². The van der Waals surface area contributed by atoms with Crippen molar-refractivity contribution in [3.05, 3.63) is 54.1 Å². The normalized spacial score (nSPS) is 14.7. The topological polar surface area (TPSA) is 50.2 Å². The van der Waals surface area contributed by atoms with Crippen LogP contribution in [0.1, 0.15) is 18.4 Å². The number of anilines is 1. The number of nitrogens with one attached hydrogen (secondary N) is 1. The summed E-state index contributed by atoms with van der Waals surface area (Å²) in [6, 6.07) is 16.2. The highest BCUT2D eigenvalue weighted by atomic mass is 32.2. The first-order chi connectivity index (χ1) is 13.2. The Kier molecular flexibility index (Phi) is 5.45. The molecule has 140 valence electrons. The van der Waals surface area contributed by atoms with Gasteiger partial charge < -0.3 is 9.88 Å². The molecule has 0 spiro atoms. The van der Waals surface area contributed by atoms with Gasteiger partial charge in [-0.3, -0.25) is 9.69 Å². The van der Waals surface area contributed by atoms with Crippen molar-refractivity contribution in [1.29, 1.82) is 0 Å². The Hall–Kier alpha value is -2.31. The average Bonchev–Trinajstić information content (AvgIpc) is 3.30. The van der Waals surface area contributed by atoms with E-state index in [2.05, 4.69) is 27.3 Å². The highest BCUT2D eigenvalue weighted by molar-refractivity contribution is 7.99. The fourth-order valence-corrected chi connectivity index (χ4v) is 4.26. The van der Waals surface area contributed by atoms with Crippen LogP contribution in [0.3, 0.4) is 0 Å². The fraction of sp³-hybridized carbons (Fsp3) is 0.333. The summed E-state index contributed by atoms with van der Waals surface area (Å²) in [4.78, 5) is 19.4. The monoisotopic (exact) mass is 380 g/mol. The molecule has 3 aromatic rings. The molecule has 4 rings (SSSR count). The minimum Gasteiger partial charge on any atom is -0.325 e. The molecule has 1 amide bonds. The predicted molar refractivity (Wildman–Crippen MR) is 111 cm³/mol. The molecule has 2 heterocycles. The van der Waals surface area contributed by atoms with Gasteiger partial charge in [0.25, 0.3) is 0 Å². The molecular weight excluding hydrogens is 356 g/mol. The maximum absolute atomic E-state index is 12.3. The Morgan fingerprint density at radius 3 is 2.59 bits per heavy atom. The number of hydrogen-bond donors (Lipinski definition) is 1. The van der Waals surface area contributed by atoms with E-state index in [-0.39, 0.29) is 5.91 Å². The van der Waals surface area contributed by atoms with E-state index in [1.165, 1.54) is 43.3 Å². The van der Waals surface area contributed by atoms with Crippen LogP contribution >= 0.6 is 11.8 Å². The van der Waals surface area contributed by atoms with E-state index in [0.29, 0.717) is 5.75 Å². The van der Waals surface area contributed by atoms with Gasteiger partial charge in [-0.05, 0) is 55.8 Å². The Morgan fingerprint density at radius 2 is 1.85 bits per heavy atom. The van der Waals surface area contributed by atoms with Gasteiger partial charge in [-0.25, -0.2) is 4.98 Å². The second-order valence-corrected chi connectivity index (χ2v) is 7.90. The summed E-state index contributed by atoms with van der Waals surface area (Å²) in [5.74, 6) is 0.325. The smallest absolute Gasteiger partial charge is 0.234 e. The van der Waals surface area contributed by atoms with E-state index in [4.69, 9.17) is 0 Å². The van der Waals surface area contributed by atoms with E-state index in [1.807, 2.05) is 48.0 Å². The molecule has 5 nitrogen and oxygen atoms in total. The van der Waals surface area contributed by atoms with E-state index >= 15 is 0 Å². The minimum atomic E-state index is -0.0145. The number of nitrogens with zero attached hydrogens (tertiary/aromatic N) is 3. The number of fused-ring (bicyclic) bond motifs is 1. The number of carbonyl (C=O) groups is 1. The predicted octanol–water partition coefficient (Wildman–Crippen LogP) is 3.90. The van der Waals surface area contributed by atoms with Crippen molar-refractivity contribution in [2.75, 3.05) is 24.2 Å². The van der Waals surface area contributed by atoms with Crippen LogP contribution in [-0.2, 0) is 18.4 Å². The van der Waals surface area contributed by atoms with Gasteiger partial charge in [0.05, 0.1) is 16.8 Å². The molecule has 1 aliphatic heterocycles. The summed E-state index contributed by atoms with van der Waals surface area (Å²) < 4.78 is 2.03. The summed E-state index contributed by atoms with van der Waals surface area (Å²) in [5.41, 5.74) is 4.17. The number of aromatic nitrogens is 2. The molecule has 2 aromatic carbocycles. The molecule has 0 saturated carbocycles. The molecule has 0 aliphatic carbocycles. The molecule has 1 saturated heterocycles. The molecule has 1 aromatic heterocycles. The Labute approximate surface area is 163 Å². The number of hydrogen-bond acceptors (Lipinski definition) is 4. The van der Waals surface area contributed by atoms with Gasteiger partial charge in [0, 0.05) is 19.3 Å². The van der Waals surface area contributed by atoms with Gasteiger partial charge in [-0.1, -0.05) is 36.0 Å². The number of thioether (sulfide) groups is 1. The third kappa shape index (κ3) is 4.34. The average molecular weight is 381 g/mol. The maximum Gasteiger partial charge on any atom is 0.234 e. The molecule has 0 radical (unpaired) electrons. The summed E-state index contributed by atoms with van der Waals surface area (Å²) in [6.45, 7) is 3.38. The second kappa shape index (κ2) is 8.15. The van der Waals surface area contributed by atoms with E-state index < -0.39 is 0 Å². The van der Waals surface area contributed by atoms with Crippen LogP contribution in [0.15, 0.2) is 53.7 Å². The van der Waals surface area contributed by atoms with E-state index in [1.54, 1.807) is 0 Å². The van der Waals surface area contributed by atoms with Gasteiger partial charge in [0.2, 0.25) is 5.91 Å². The van der Waals surface area contributed by atoms with Crippen molar-refractivity contribution in [1.82, 2.24) is 14.5 Å². The van der Waals surface area contributed by atoms with Crippen LogP contribution in [-0.4, -0.2) is 39.2 Å². The van der Waals surface area contributed by atoms with Gasteiger partial charge >= 0.3 is 0 Å². The van der Waals surface area contributed by atoms with Crippen molar-refractivity contribution >= 4 is 34.4 Å². The summed E-state index contributed by atoms with van der Waals surface area (Å²) in [5, 5.41) is 3.83. The summed E-state index contributed by atoms with van der Waals surface area (Å²) in [6.07, 6.45) is 2.61. The van der Waals surface area contributed by atoms with Crippen LogP contribution in [0.2, 0.25) is 0 Å². The molecule has 1 aliphatic rings. The van der Waals surface area contributed by atoms with Crippen LogP contribution in [0, 0.1) is 0 Å². The third-order valence-corrected chi connectivity index (χ3v) is 5.95. The highest BCUT2D eigenvalue weighted by Crippen LogP contribution is 2.23. The number of benzene rings is 2. The van der Waals surface area contributed by atoms with E-state index in [0.717, 1.165) is 28.4 Å². The zero-order valence-electron chi connectivity index (χ0n) is 15.5. The fourth-order valence-electron chi connectivity index (χ4n) is 3.47. The first-order valence-corrected chi connectivity index (χ1v) is 10.3. The highest BCUT2D eigenvalue weighted by Gasteiger charge is 2.12. The van der Waals surface area contributed by atoms with Gasteiger partial charge in [0.1, 0.15) is 0 Å². The minimum absolute atomic E-state index is 0.0145. The Morgan fingerprint density at radius 1 is 1.11 bits per heavy atom. The molecule has 1 N–H and O–H groups in total. The maximum atomic E-state index is 12.3. The molecule has 0 atom stereocenters. The molecule has 1 fully saturated rings. The quantitative estimate of drug-likeness (QED) is 0.659. The number of amides is 1. The number of likely N-dealkylation sites (tertiary alicyclic amines) is 1. The second-order valence-electron chi connectivity index (χ2n) is 6.96. The standard InChI is InChI=1S/C21H24N4OS/c1-24-19-7-3-2-6-18(19)23-21(24)27-15-20(26)22-17-10-8-16(9-11-17)14-25-12-4-5-13-25/h2-3,6-11H,4-5,12-15H2,1H3,(H,22,26). The molecule has 27 heavy (non-hydrogen) atoms. The SMILES string of the molecule is Cn1c(SCC(=O)Nc2ccc(CN3CCCC3)cc2)nc2ccccc21. The number of rotatable bonds is 6. The molecule has 0 unspecified atom stereocenters. The lowest BCUT2D eigenvalue weighted by Gasteiger charge is -2.14. The first-order valence-electron chi connectivity index (χ1n) is 9.34. The Bertz CT molecular complexity index is 929. The number of carbonyl (C=O) groups excluding carboxylic acids is 1. The van der Waals surface area contributed by atoms with Crippen LogP contribution < -0.4 is 5.32 Å². The van der Waals surface area contributed by atoms with Crippen molar-refractivity contribution in [2.24, 2.45) is 7.05 Å². The Balaban J connectivity index is 1.31. The molecule has 0 bridgehead atoms. The molecular formula is C21H24N4OS. The van der Waals surface area contributed by atoms with Crippen molar-refractivity contribution in [2.45, 2.75) is 24.5 Å². The van der Waals surface area contributed by atoms with E-state index in [9.17, 15) is 4.79 Å². The van der Waals surface area contributed by atoms with Crippen LogP contribution in [0.4, 0.5) is 5.69 Å². The van der Waals surface area contributed by atoms with Crippen molar-refractivity contribution < 1.29 is 4.79 Å². The van der Waals surface area contributed by atoms with Gasteiger partial charge in [-0.2, -0.15) is 0 Å². The lowest BCUT2D eigenvalue weighted by Crippen LogP contribution is -2.18. The molecule has 6 heteroatoms. The lowest BCUT2D eigenvalue weighted by atomic mass is 10.2. The zero-order chi connectivity index (χ0) is 18.6. The summed E-state index contributed by atoms with van der Waals surface area (Å²) >= 11 is 1.46. The third-order valence-electron chi connectivity index (χ3n) is 4.92.